The van der Waals surface area contributed by atoms with Crippen LogP contribution in [0.15, 0.2) is 46.6 Å². The average molecular weight is 323 g/mol. The van der Waals surface area contributed by atoms with E-state index < -0.39 is 5.92 Å². The summed E-state index contributed by atoms with van der Waals surface area (Å²) in [6.07, 6.45) is 0. The van der Waals surface area contributed by atoms with Gasteiger partial charge in [0.25, 0.3) is 5.56 Å². The fraction of sp³-hybridized carbons (Fsp3) is 0.222. The van der Waals surface area contributed by atoms with Crippen LogP contribution in [0.2, 0.25) is 0 Å². The predicted octanol–water partition coefficient (Wildman–Crippen LogP) is 2.30. The van der Waals surface area contributed by atoms with Gasteiger partial charge in [0.05, 0.1) is 18.1 Å². The number of nitriles is 1. The Labute approximate surface area is 139 Å². The molecule has 0 unspecified atom stereocenters. The molecule has 0 saturated carbocycles. The monoisotopic (exact) mass is 323 g/mol. The maximum absolute atomic E-state index is 12.6. The lowest BCUT2D eigenvalue weighted by molar-refractivity contribution is 0.334. The molecular weight excluding hydrogens is 306 g/mol. The number of rotatable bonds is 3. The summed E-state index contributed by atoms with van der Waals surface area (Å²) < 4.78 is 11.2. The van der Waals surface area contributed by atoms with Crippen LogP contribution in [-0.4, -0.2) is 11.6 Å². The first-order valence-electron chi connectivity index (χ1n) is 7.60. The highest BCUT2D eigenvalue weighted by atomic mass is 16.5. The van der Waals surface area contributed by atoms with Crippen molar-refractivity contribution < 1.29 is 9.47 Å². The number of aromatic amines is 1. The van der Waals surface area contributed by atoms with E-state index in [9.17, 15) is 10.1 Å². The second-order valence-electron chi connectivity index (χ2n) is 5.46. The highest BCUT2D eigenvalue weighted by Crippen LogP contribution is 2.43. The van der Waals surface area contributed by atoms with Crippen molar-refractivity contribution in [2.45, 2.75) is 19.8 Å². The van der Waals surface area contributed by atoms with Crippen LogP contribution in [0.25, 0.3) is 0 Å². The standard InChI is InChI=1S/C18H17N3O3/c1-3-23-13-7-5-4-6-11(13)15-12(9-19)17(20)24-14-8-10(2)21-18(22)16(14)15/h4-8,15H,3,20H2,1-2H3,(H,21,22)/t15-/m1/s1. The minimum Gasteiger partial charge on any atom is -0.494 e. The van der Waals surface area contributed by atoms with Crippen molar-refractivity contribution in [3.8, 4) is 17.6 Å². The normalized spacial score (nSPS) is 16.1. The number of para-hydroxylation sites is 1. The van der Waals surface area contributed by atoms with Gasteiger partial charge in [-0.15, -0.1) is 0 Å². The number of aromatic nitrogens is 1. The highest BCUT2D eigenvalue weighted by molar-refractivity contribution is 5.57. The molecule has 6 nitrogen and oxygen atoms in total. The van der Waals surface area contributed by atoms with Crippen LogP contribution >= 0.6 is 0 Å². The number of benzene rings is 1. The molecule has 0 bridgehead atoms. The molecule has 1 aromatic heterocycles. The SMILES string of the molecule is CCOc1ccccc1[C@@H]1C(C#N)=C(N)Oc2cc(C)[nH]c(=O)c21. The fourth-order valence-electron chi connectivity index (χ4n) is 2.92. The second kappa shape index (κ2) is 6.13. The molecule has 1 aliphatic rings. The summed E-state index contributed by atoms with van der Waals surface area (Å²) in [5.74, 6) is 0.347. The summed E-state index contributed by atoms with van der Waals surface area (Å²) in [5.41, 5.74) is 7.55. The van der Waals surface area contributed by atoms with E-state index in [1.54, 1.807) is 13.0 Å². The van der Waals surface area contributed by atoms with Crippen molar-refractivity contribution in [1.29, 1.82) is 5.26 Å². The van der Waals surface area contributed by atoms with Crippen LogP contribution in [0.4, 0.5) is 0 Å². The van der Waals surface area contributed by atoms with Crippen LogP contribution in [0.5, 0.6) is 11.5 Å². The highest BCUT2D eigenvalue weighted by Gasteiger charge is 2.34. The summed E-state index contributed by atoms with van der Waals surface area (Å²) in [4.78, 5) is 15.3. The molecule has 0 radical (unpaired) electrons. The second-order valence-corrected chi connectivity index (χ2v) is 5.46. The minimum atomic E-state index is -0.633. The lowest BCUT2D eigenvalue weighted by atomic mass is 9.83. The van der Waals surface area contributed by atoms with E-state index in [2.05, 4.69) is 11.1 Å². The van der Waals surface area contributed by atoms with Gasteiger partial charge in [-0.25, -0.2) is 0 Å². The van der Waals surface area contributed by atoms with Crippen LogP contribution in [-0.2, 0) is 0 Å². The summed E-state index contributed by atoms with van der Waals surface area (Å²) in [7, 11) is 0. The average Bonchev–Trinajstić information content (AvgIpc) is 2.54. The first kappa shape index (κ1) is 15.7. The molecule has 122 valence electrons. The molecule has 3 N–H and O–H groups in total. The van der Waals surface area contributed by atoms with Gasteiger partial charge >= 0.3 is 0 Å². The smallest absolute Gasteiger partial charge is 0.256 e. The number of pyridine rings is 1. The lowest BCUT2D eigenvalue weighted by Crippen LogP contribution is -2.28. The zero-order valence-corrected chi connectivity index (χ0v) is 13.4. The Kier molecular flexibility index (Phi) is 4.00. The van der Waals surface area contributed by atoms with Crippen LogP contribution in [0.1, 0.15) is 29.7 Å². The third kappa shape index (κ3) is 2.50. The summed E-state index contributed by atoms with van der Waals surface area (Å²) in [6, 6.07) is 11.1. The summed E-state index contributed by atoms with van der Waals surface area (Å²) >= 11 is 0. The van der Waals surface area contributed by atoms with Crippen LogP contribution in [0, 0.1) is 18.3 Å². The summed E-state index contributed by atoms with van der Waals surface area (Å²) in [5, 5.41) is 9.56. The Morgan fingerprint density at radius 3 is 2.88 bits per heavy atom. The van der Waals surface area contributed by atoms with E-state index in [0.29, 0.717) is 34.9 Å². The number of aryl methyl sites for hydroxylation is 1. The van der Waals surface area contributed by atoms with Gasteiger partial charge in [-0.3, -0.25) is 4.79 Å². The number of nitrogens with one attached hydrogen (secondary N) is 1. The van der Waals surface area contributed by atoms with Crippen molar-refractivity contribution in [2.75, 3.05) is 6.61 Å². The van der Waals surface area contributed by atoms with Gasteiger partial charge in [0.15, 0.2) is 0 Å². The van der Waals surface area contributed by atoms with E-state index in [4.69, 9.17) is 15.2 Å². The molecule has 3 rings (SSSR count). The van der Waals surface area contributed by atoms with Crippen molar-refractivity contribution >= 4 is 0 Å². The maximum atomic E-state index is 12.6. The molecule has 2 aromatic rings. The molecule has 0 amide bonds. The molecule has 2 heterocycles. The molecule has 0 aliphatic carbocycles. The fourth-order valence-corrected chi connectivity index (χ4v) is 2.92. The number of H-pyrrole nitrogens is 1. The lowest BCUT2D eigenvalue weighted by Gasteiger charge is -2.26. The third-order valence-corrected chi connectivity index (χ3v) is 3.88. The topological polar surface area (TPSA) is 101 Å². The number of hydrogen-bond donors (Lipinski definition) is 2. The molecule has 1 aromatic carbocycles. The summed E-state index contributed by atoms with van der Waals surface area (Å²) in [6.45, 7) is 4.10. The molecule has 0 fully saturated rings. The molecule has 1 aliphatic heterocycles. The van der Waals surface area contributed by atoms with Gasteiger partial charge in [0.1, 0.15) is 23.1 Å². The maximum Gasteiger partial charge on any atom is 0.256 e. The number of nitrogens with zero attached hydrogens (tertiary/aromatic N) is 1. The van der Waals surface area contributed by atoms with Gasteiger partial charge < -0.3 is 20.2 Å². The quantitative estimate of drug-likeness (QED) is 0.902. The molecule has 0 saturated heterocycles. The van der Waals surface area contributed by atoms with E-state index >= 15 is 0 Å². The zero-order valence-electron chi connectivity index (χ0n) is 13.4. The predicted molar refractivity (Wildman–Crippen MR) is 88.7 cm³/mol. The minimum absolute atomic E-state index is 0.00583. The Balaban J connectivity index is 2.31. The number of allylic oxidation sites excluding steroid dienone is 1. The first-order chi connectivity index (χ1) is 11.6. The van der Waals surface area contributed by atoms with E-state index in [-0.39, 0.29) is 17.0 Å². The number of nitrogens with two attached hydrogens (primary N) is 1. The van der Waals surface area contributed by atoms with Crippen molar-refractivity contribution in [2.24, 2.45) is 5.73 Å². The zero-order chi connectivity index (χ0) is 17.3. The Hall–Kier alpha value is -3.20. The van der Waals surface area contributed by atoms with E-state index in [1.807, 2.05) is 31.2 Å². The molecule has 6 heteroatoms. The van der Waals surface area contributed by atoms with Gasteiger partial charge in [-0.2, -0.15) is 5.26 Å². The molecule has 24 heavy (non-hydrogen) atoms. The van der Waals surface area contributed by atoms with Crippen molar-refractivity contribution in [3.63, 3.8) is 0 Å². The van der Waals surface area contributed by atoms with Gasteiger partial charge in [-0.1, -0.05) is 18.2 Å². The van der Waals surface area contributed by atoms with Gasteiger partial charge in [-0.05, 0) is 19.9 Å². The van der Waals surface area contributed by atoms with Crippen LogP contribution < -0.4 is 20.8 Å². The Bertz CT molecular complexity index is 922. The third-order valence-electron chi connectivity index (χ3n) is 3.88. The van der Waals surface area contributed by atoms with E-state index in [1.165, 1.54) is 0 Å². The van der Waals surface area contributed by atoms with E-state index in [0.717, 1.165) is 0 Å². The van der Waals surface area contributed by atoms with Gasteiger partial charge in [0, 0.05) is 17.3 Å². The van der Waals surface area contributed by atoms with Crippen LogP contribution in [0.3, 0.4) is 0 Å². The number of ether oxygens (including phenoxy) is 2. The number of hydrogen-bond acceptors (Lipinski definition) is 5. The number of fused-ring (bicyclic) bond motifs is 1. The van der Waals surface area contributed by atoms with Gasteiger partial charge in [0.2, 0.25) is 5.88 Å². The van der Waals surface area contributed by atoms with Crippen molar-refractivity contribution in [3.05, 3.63) is 69.0 Å². The Morgan fingerprint density at radius 2 is 2.17 bits per heavy atom. The molecule has 0 spiro atoms. The Morgan fingerprint density at radius 1 is 1.42 bits per heavy atom. The van der Waals surface area contributed by atoms with Crippen molar-refractivity contribution in [1.82, 2.24) is 4.98 Å². The largest absolute Gasteiger partial charge is 0.494 e. The molecule has 1 atom stereocenters. The first-order valence-corrected chi connectivity index (χ1v) is 7.60. The molecular formula is C18H17N3O3.